The molecule has 2 rings (SSSR count). The maximum absolute atomic E-state index is 12.7. The zero-order valence-electron chi connectivity index (χ0n) is 11.5. The number of ether oxygens (including phenoxy) is 1. The Kier molecular flexibility index (Phi) is 4.13. The maximum Gasteiger partial charge on any atom is 0.416 e. The van der Waals surface area contributed by atoms with Gasteiger partial charge in [-0.05, 0) is 24.6 Å². The summed E-state index contributed by atoms with van der Waals surface area (Å²) in [6, 6.07) is 5.02. The third-order valence-corrected chi connectivity index (χ3v) is 2.90. The molecule has 0 bridgehead atoms. The van der Waals surface area contributed by atoms with Gasteiger partial charge in [-0.1, -0.05) is 6.07 Å². The van der Waals surface area contributed by atoms with Crippen molar-refractivity contribution in [2.45, 2.75) is 19.7 Å². The third kappa shape index (κ3) is 3.49. The summed E-state index contributed by atoms with van der Waals surface area (Å²) >= 11 is 0. The number of hydrogen-bond donors (Lipinski definition) is 1. The molecule has 21 heavy (non-hydrogen) atoms. The number of nitrogens with zero attached hydrogens (tertiary/aromatic N) is 2. The molecule has 0 aliphatic carbocycles. The molecule has 2 aromatic rings. The minimum atomic E-state index is -4.37. The smallest absolute Gasteiger partial charge is 0.384 e. The molecule has 1 aromatic heterocycles. The highest BCUT2D eigenvalue weighted by atomic mass is 19.4. The zero-order chi connectivity index (χ0) is 15.6. The number of alkyl halides is 3. The second-order valence-electron chi connectivity index (χ2n) is 4.55. The Morgan fingerprint density at radius 2 is 1.90 bits per heavy atom. The number of aryl methyl sites for hydroxylation is 1. The van der Waals surface area contributed by atoms with E-state index in [1.807, 2.05) is 0 Å². The molecule has 0 aliphatic heterocycles. The molecule has 0 fully saturated rings. The standard InChI is InChI=1S/C14H14F3N3O/c1-8-5-9(14(15,16)17)3-4-10(8)11-6-12(18)20-13(19-11)7-21-2/h3-6H,7H2,1-2H3,(H2,18,19,20). The number of aromatic nitrogens is 2. The lowest BCUT2D eigenvalue weighted by Gasteiger charge is -2.12. The lowest BCUT2D eigenvalue weighted by molar-refractivity contribution is -0.137. The van der Waals surface area contributed by atoms with Gasteiger partial charge in [0.2, 0.25) is 0 Å². The van der Waals surface area contributed by atoms with Gasteiger partial charge in [-0.25, -0.2) is 9.97 Å². The summed E-state index contributed by atoms with van der Waals surface area (Å²) in [5, 5.41) is 0. The van der Waals surface area contributed by atoms with Crippen molar-refractivity contribution in [1.82, 2.24) is 9.97 Å². The second-order valence-corrected chi connectivity index (χ2v) is 4.55. The molecule has 0 amide bonds. The second kappa shape index (κ2) is 5.69. The first-order valence-corrected chi connectivity index (χ1v) is 6.12. The van der Waals surface area contributed by atoms with Gasteiger partial charge in [0.15, 0.2) is 5.82 Å². The van der Waals surface area contributed by atoms with Crippen molar-refractivity contribution >= 4 is 5.82 Å². The first-order chi connectivity index (χ1) is 9.81. The lowest BCUT2D eigenvalue weighted by atomic mass is 10.0. The molecule has 0 saturated carbocycles. The summed E-state index contributed by atoms with van der Waals surface area (Å²) in [6.45, 7) is 1.77. The van der Waals surface area contributed by atoms with Crippen LogP contribution in [-0.4, -0.2) is 17.1 Å². The first kappa shape index (κ1) is 15.2. The topological polar surface area (TPSA) is 61.0 Å². The van der Waals surface area contributed by atoms with Gasteiger partial charge < -0.3 is 10.5 Å². The third-order valence-electron chi connectivity index (χ3n) is 2.90. The van der Waals surface area contributed by atoms with Crippen molar-refractivity contribution in [3.05, 3.63) is 41.2 Å². The highest BCUT2D eigenvalue weighted by Crippen LogP contribution is 2.32. The van der Waals surface area contributed by atoms with Crippen LogP contribution in [0.25, 0.3) is 11.3 Å². The number of hydrogen-bond acceptors (Lipinski definition) is 4. The summed E-state index contributed by atoms with van der Waals surface area (Å²) in [7, 11) is 1.50. The van der Waals surface area contributed by atoms with E-state index in [2.05, 4.69) is 9.97 Å². The molecule has 0 unspecified atom stereocenters. The van der Waals surface area contributed by atoms with Crippen LogP contribution < -0.4 is 5.73 Å². The van der Waals surface area contributed by atoms with Crippen LogP contribution in [0.2, 0.25) is 0 Å². The van der Waals surface area contributed by atoms with Gasteiger partial charge in [-0.15, -0.1) is 0 Å². The van der Waals surface area contributed by atoms with Gasteiger partial charge in [0.05, 0.1) is 11.3 Å². The van der Waals surface area contributed by atoms with Crippen molar-refractivity contribution in [3.63, 3.8) is 0 Å². The van der Waals surface area contributed by atoms with E-state index in [-0.39, 0.29) is 12.4 Å². The fourth-order valence-electron chi connectivity index (χ4n) is 1.98. The number of nitrogen functional groups attached to an aromatic ring is 1. The van der Waals surface area contributed by atoms with Crippen LogP contribution >= 0.6 is 0 Å². The molecule has 1 aromatic carbocycles. The zero-order valence-corrected chi connectivity index (χ0v) is 11.5. The molecular weight excluding hydrogens is 283 g/mol. The van der Waals surface area contributed by atoms with E-state index in [1.54, 1.807) is 6.92 Å². The molecule has 0 saturated heterocycles. The minimum absolute atomic E-state index is 0.178. The van der Waals surface area contributed by atoms with E-state index < -0.39 is 11.7 Å². The molecule has 7 heteroatoms. The Hall–Kier alpha value is -2.15. The SMILES string of the molecule is COCc1nc(N)cc(-c2ccc(C(F)(F)F)cc2C)n1. The van der Waals surface area contributed by atoms with Crippen LogP contribution in [0.1, 0.15) is 17.0 Å². The van der Waals surface area contributed by atoms with Gasteiger partial charge in [0.25, 0.3) is 0 Å². The van der Waals surface area contributed by atoms with Gasteiger partial charge in [-0.3, -0.25) is 0 Å². The normalized spacial score (nSPS) is 11.7. The van der Waals surface area contributed by atoms with Crippen molar-refractivity contribution in [1.29, 1.82) is 0 Å². The minimum Gasteiger partial charge on any atom is -0.384 e. The average molecular weight is 297 g/mol. The molecule has 0 spiro atoms. The van der Waals surface area contributed by atoms with Crippen molar-refractivity contribution < 1.29 is 17.9 Å². The average Bonchev–Trinajstić information content (AvgIpc) is 2.37. The molecule has 2 N–H and O–H groups in total. The highest BCUT2D eigenvalue weighted by Gasteiger charge is 2.30. The molecule has 0 radical (unpaired) electrons. The predicted octanol–water partition coefficient (Wildman–Crippen LogP) is 3.20. The Morgan fingerprint density at radius 3 is 2.48 bits per heavy atom. The fourth-order valence-corrected chi connectivity index (χ4v) is 1.98. The molecule has 1 heterocycles. The van der Waals surface area contributed by atoms with Gasteiger partial charge in [-0.2, -0.15) is 13.2 Å². The molecule has 112 valence electrons. The van der Waals surface area contributed by atoms with Crippen LogP contribution in [0, 0.1) is 6.92 Å². The Bertz CT molecular complexity index is 656. The molecular formula is C14H14F3N3O. The number of benzene rings is 1. The van der Waals surface area contributed by atoms with Crippen LogP contribution in [0.3, 0.4) is 0 Å². The van der Waals surface area contributed by atoms with Crippen molar-refractivity contribution in [2.24, 2.45) is 0 Å². The van der Waals surface area contributed by atoms with Crippen molar-refractivity contribution in [3.8, 4) is 11.3 Å². The lowest BCUT2D eigenvalue weighted by Crippen LogP contribution is -2.06. The van der Waals surface area contributed by atoms with E-state index >= 15 is 0 Å². The fraction of sp³-hybridized carbons (Fsp3) is 0.286. The molecule has 0 aliphatic rings. The van der Waals surface area contributed by atoms with Crippen LogP contribution in [-0.2, 0) is 17.5 Å². The largest absolute Gasteiger partial charge is 0.416 e. The monoisotopic (exact) mass is 297 g/mol. The van der Waals surface area contributed by atoms with E-state index in [1.165, 1.54) is 19.2 Å². The molecule has 4 nitrogen and oxygen atoms in total. The quantitative estimate of drug-likeness (QED) is 0.945. The van der Waals surface area contributed by atoms with Crippen LogP contribution in [0.15, 0.2) is 24.3 Å². The van der Waals surface area contributed by atoms with Crippen molar-refractivity contribution in [2.75, 3.05) is 12.8 Å². The highest BCUT2D eigenvalue weighted by molar-refractivity contribution is 5.66. The van der Waals surface area contributed by atoms with Crippen LogP contribution in [0.5, 0.6) is 0 Å². The summed E-state index contributed by atoms with van der Waals surface area (Å²) < 4.78 is 42.9. The number of methoxy groups -OCH3 is 1. The number of nitrogens with two attached hydrogens (primary N) is 1. The summed E-state index contributed by atoms with van der Waals surface area (Å²) in [5.74, 6) is 0.623. The van der Waals surface area contributed by atoms with E-state index in [0.717, 1.165) is 12.1 Å². The Balaban J connectivity index is 2.47. The van der Waals surface area contributed by atoms with Crippen LogP contribution in [0.4, 0.5) is 19.0 Å². The van der Waals surface area contributed by atoms with E-state index in [0.29, 0.717) is 22.6 Å². The number of halogens is 3. The number of anilines is 1. The summed E-state index contributed by atoms with van der Waals surface area (Å²) in [4.78, 5) is 8.25. The summed E-state index contributed by atoms with van der Waals surface area (Å²) in [6.07, 6.45) is -4.37. The number of rotatable bonds is 3. The predicted molar refractivity (Wildman–Crippen MR) is 72.3 cm³/mol. The van der Waals surface area contributed by atoms with Gasteiger partial charge in [0.1, 0.15) is 12.4 Å². The van der Waals surface area contributed by atoms with E-state index in [9.17, 15) is 13.2 Å². The van der Waals surface area contributed by atoms with Gasteiger partial charge in [0, 0.05) is 18.7 Å². The van der Waals surface area contributed by atoms with Gasteiger partial charge >= 0.3 is 6.18 Å². The Labute approximate surface area is 119 Å². The first-order valence-electron chi connectivity index (χ1n) is 6.12. The molecule has 0 atom stereocenters. The summed E-state index contributed by atoms with van der Waals surface area (Å²) in [5.41, 5.74) is 6.51. The maximum atomic E-state index is 12.7. The van der Waals surface area contributed by atoms with E-state index in [4.69, 9.17) is 10.5 Å². The Morgan fingerprint density at radius 1 is 1.19 bits per heavy atom.